The van der Waals surface area contributed by atoms with Crippen molar-refractivity contribution >= 4 is 38.5 Å². The number of fused-ring (bicyclic) bond motifs is 16. The van der Waals surface area contributed by atoms with E-state index in [4.69, 9.17) is 9.97 Å². The normalized spacial score (nSPS) is 13.5. The lowest BCUT2D eigenvalue weighted by Gasteiger charge is -2.10. The predicted molar refractivity (Wildman–Crippen MR) is 140 cm³/mol. The van der Waals surface area contributed by atoms with Crippen molar-refractivity contribution < 1.29 is 0 Å². The Kier molecular flexibility index (Phi) is 3.11. The Morgan fingerprint density at radius 1 is 0.629 bits per heavy atom. The lowest BCUT2D eigenvalue weighted by Crippen LogP contribution is -1.93. The maximum Gasteiger partial charge on any atom is 0.148 e. The van der Waals surface area contributed by atoms with Gasteiger partial charge in [0.25, 0.3) is 0 Å². The molecule has 0 atom stereocenters. The molecule has 4 heteroatoms. The van der Waals surface area contributed by atoms with Gasteiger partial charge in [0.15, 0.2) is 0 Å². The molecule has 2 aliphatic rings. The van der Waals surface area contributed by atoms with Crippen molar-refractivity contribution in [1.82, 2.24) is 19.4 Å². The number of benzene rings is 3. The van der Waals surface area contributed by atoms with Crippen molar-refractivity contribution in [2.75, 3.05) is 0 Å². The largest absolute Gasteiger partial charge is 0.290 e. The Balaban J connectivity index is 1.42. The van der Waals surface area contributed by atoms with Gasteiger partial charge in [-0.1, -0.05) is 42.5 Å². The van der Waals surface area contributed by atoms with Gasteiger partial charge >= 0.3 is 0 Å². The minimum atomic E-state index is 0.910. The van der Waals surface area contributed by atoms with Crippen molar-refractivity contribution in [3.8, 4) is 22.3 Å². The number of aromatic nitrogens is 4. The molecule has 0 N–H and O–H groups in total. The smallest absolute Gasteiger partial charge is 0.148 e. The van der Waals surface area contributed by atoms with Crippen LogP contribution in [0.3, 0.4) is 0 Å². The van der Waals surface area contributed by atoms with Gasteiger partial charge in [-0.3, -0.25) is 14.4 Å². The van der Waals surface area contributed by atoms with E-state index in [9.17, 15) is 0 Å². The minimum Gasteiger partial charge on any atom is -0.290 e. The second kappa shape index (κ2) is 6.10. The highest BCUT2D eigenvalue weighted by molar-refractivity contribution is 6.12. The van der Waals surface area contributed by atoms with E-state index >= 15 is 0 Å². The van der Waals surface area contributed by atoms with E-state index in [1.54, 1.807) is 0 Å². The van der Waals surface area contributed by atoms with Crippen molar-refractivity contribution in [2.45, 2.75) is 12.8 Å². The predicted octanol–water partition coefficient (Wildman–Crippen LogP) is 6.73. The molecule has 162 valence electrons. The Hall–Kier alpha value is -4.57. The van der Waals surface area contributed by atoms with E-state index < -0.39 is 0 Å². The van der Waals surface area contributed by atoms with Gasteiger partial charge in [-0.25, -0.2) is 4.98 Å². The van der Waals surface area contributed by atoms with E-state index in [1.807, 2.05) is 24.7 Å². The number of hydrogen-bond donors (Lipinski definition) is 0. The van der Waals surface area contributed by atoms with Crippen LogP contribution >= 0.6 is 0 Å². The summed E-state index contributed by atoms with van der Waals surface area (Å²) in [7, 11) is 0. The third-order valence-corrected chi connectivity index (χ3v) is 7.96. The van der Waals surface area contributed by atoms with Crippen LogP contribution in [0.15, 0.2) is 85.3 Å². The summed E-state index contributed by atoms with van der Waals surface area (Å²) in [6.45, 7) is 0. The zero-order valence-electron chi connectivity index (χ0n) is 18.8. The first-order valence-electron chi connectivity index (χ1n) is 12.0. The van der Waals surface area contributed by atoms with Crippen LogP contribution in [-0.4, -0.2) is 19.4 Å². The zero-order chi connectivity index (χ0) is 22.7. The molecular weight excluding hydrogens is 428 g/mol. The van der Waals surface area contributed by atoms with Crippen molar-refractivity contribution in [2.24, 2.45) is 0 Å². The Morgan fingerprint density at radius 3 is 2.49 bits per heavy atom. The number of nitrogens with zero attached hydrogens (tertiary/aromatic N) is 4. The average Bonchev–Trinajstić information content (AvgIpc) is 3.59. The summed E-state index contributed by atoms with van der Waals surface area (Å²) >= 11 is 0. The molecule has 0 radical (unpaired) electrons. The van der Waals surface area contributed by atoms with E-state index in [1.165, 1.54) is 44.5 Å². The van der Waals surface area contributed by atoms with Crippen LogP contribution in [0.4, 0.5) is 0 Å². The molecule has 0 saturated carbocycles. The average molecular weight is 447 g/mol. The van der Waals surface area contributed by atoms with Crippen molar-refractivity contribution in [3.05, 3.63) is 108 Å². The molecule has 9 rings (SSSR count). The Morgan fingerprint density at radius 2 is 1.51 bits per heavy atom. The molecule has 4 heterocycles. The SMILES string of the molecule is c1ccc2c(c1)Cc1ccc3c(c1-2)-c1ccc2c(nc4c5cccnc5c5ccncc5n24)c1C3. The summed E-state index contributed by atoms with van der Waals surface area (Å²) in [6, 6.07) is 24.3. The number of pyridine rings is 3. The van der Waals surface area contributed by atoms with Gasteiger partial charge in [0.2, 0.25) is 0 Å². The number of hydrogen-bond acceptors (Lipinski definition) is 3. The molecule has 4 aromatic heterocycles. The summed E-state index contributed by atoms with van der Waals surface area (Å²) in [6.07, 6.45) is 7.56. The lowest BCUT2D eigenvalue weighted by molar-refractivity contribution is 1.24. The highest BCUT2D eigenvalue weighted by Crippen LogP contribution is 2.50. The molecule has 7 aromatic rings. The molecule has 0 bridgehead atoms. The topological polar surface area (TPSA) is 43.1 Å². The fraction of sp³-hybridized carbons (Fsp3) is 0.0645. The quantitative estimate of drug-likeness (QED) is 0.243. The maximum absolute atomic E-state index is 5.28. The molecule has 3 aromatic carbocycles. The van der Waals surface area contributed by atoms with Gasteiger partial charge in [0.05, 0.1) is 28.3 Å². The monoisotopic (exact) mass is 446 g/mol. The maximum atomic E-state index is 5.28. The molecule has 0 aliphatic heterocycles. The van der Waals surface area contributed by atoms with Crippen LogP contribution in [0.1, 0.15) is 22.3 Å². The highest BCUT2D eigenvalue weighted by atomic mass is 15.0. The second-order valence-electron chi connectivity index (χ2n) is 9.67. The van der Waals surface area contributed by atoms with Gasteiger partial charge in [0.1, 0.15) is 5.65 Å². The number of imidazole rings is 1. The molecule has 2 aliphatic carbocycles. The standard InChI is InChI=1S/C31H18N4/c1-2-5-20-17(4-1)14-18-7-8-19-15-24-21(28(19)27(18)20)9-10-25-30(24)34-31-23-6-3-12-33-29(23)22-11-13-32-16-26(22)35(25)31/h1-13,16H,14-15H2. The summed E-state index contributed by atoms with van der Waals surface area (Å²) in [5, 5.41) is 2.17. The van der Waals surface area contributed by atoms with Gasteiger partial charge in [0, 0.05) is 29.6 Å². The van der Waals surface area contributed by atoms with Gasteiger partial charge in [-0.05, 0) is 75.2 Å². The summed E-state index contributed by atoms with van der Waals surface area (Å²) in [5.41, 5.74) is 16.3. The van der Waals surface area contributed by atoms with Crippen LogP contribution in [-0.2, 0) is 12.8 Å². The van der Waals surface area contributed by atoms with Crippen LogP contribution in [0.2, 0.25) is 0 Å². The molecule has 4 nitrogen and oxygen atoms in total. The minimum absolute atomic E-state index is 0.910. The first kappa shape index (κ1) is 17.8. The fourth-order valence-electron chi connectivity index (χ4n) is 6.51. The third-order valence-electron chi connectivity index (χ3n) is 7.96. The van der Waals surface area contributed by atoms with Crippen molar-refractivity contribution in [1.29, 1.82) is 0 Å². The van der Waals surface area contributed by atoms with Crippen molar-refractivity contribution in [3.63, 3.8) is 0 Å². The summed E-state index contributed by atoms with van der Waals surface area (Å²) in [5.74, 6) is 0. The van der Waals surface area contributed by atoms with E-state index in [2.05, 4.69) is 70.0 Å². The van der Waals surface area contributed by atoms with Gasteiger partial charge in [-0.2, -0.15) is 0 Å². The number of rotatable bonds is 0. The Bertz CT molecular complexity index is 2070. The molecule has 0 fully saturated rings. The molecule has 0 spiro atoms. The van der Waals surface area contributed by atoms with Crippen LogP contribution in [0.25, 0.3) is 60.7 Å². The summed E-state index contributed by atoms with van der Waals surface area (Å²) < 4.78 is 2.27. The van der Waals surface area contributed by atoms with Crippen LogP contribution < -0.4 is 0 Å². The first-order valence-corrected chi connectivity index (χ1v) is 12.0. The third kappa shape index (κ3) is 2.11. The van der Waals surface area contributed by atoms with Crippen LogP contribution in [0.5, 0.6) is 0 Å². The van der Waals surface area contributed by atoms with Gasteiger partial charge < -0.3 is 0 Å². The Labute approximate surface area is 200 Å². The lowest BCUT2D eigenvalue weighted by atomic mass is 9.94. The molecular formula is C31H18N4. The second-order valence-corrected chi connectivity index (χ2v) is 9.67. The highest BCUT2D eigenvalue weighted by Gasteiger charge is 2.30. The van der Waals surface area contributed by atoms with E-state index in [0.717, 1.165) is 51.3 Å². The molecule has 0 saturated heterocycles. The first-order chi connectivity index (χ1) is 17.4. The van der Waals surface area contributed by atoms with Crippen LogP contribution in [0, 0.1) is 0 Å². The molecule has 0 amide bonds. The molecule has 35 heavy (non-hydrogen) atoms. The van der Waals surface area contributed by atoms with E-state index in [0.29, 0.717) is 0 Å². The zero-order valence-corrected chi connectivity index (χ0v) is 18.8. The van der Waals surface area contributed by atoms with E-state index in [-0.39, 0.29) is 0 Å². The molecule has 0 unspecified atom stereocenters. The fourth-order valence-corrected chi connectivity index (χ4v) is 6.51. The van der Waals surface area contributed by atoms with Gasteiger partial charge in [-0.15, -0.1) is 0 Å². The summed E-state index contributed by atoms with van der Waals surface area (Å²) in [4.78, 5) is 14.4.